The molecule has 1 unspecified atom stereocenters. The standard InChI is InChI=1S/C19H23N3O4/c23-11-16(24)12-7-9-22(10-8-12)19(25)15-5-1-13(2-6-15)17-20-18(26-21-17)14-3-4-14/h1-2,5-6,12,14,16,23-24H,3-4,7-11H2. The van der Waals surface area contributed by atoms with E-state index in [1.165, 1.54) is 0 Å². The molecule has 1 amide bonds. The minimum Gasteiger partial charge on any atom is -0.394 e. The molecule has 1 atom stereocenters. The number of piperidine rings is 1. The Morgan fingerprint density at radius 3 is 2.50 bits per heavy atom. The van der Waals surface area contributed by atoms with Crippen LogP contribution in [0.3, 0.4) is 0 Å². The van der Waals surface area contributed by atoms with Crippen molar-refractivity contribution < 1.29 is 19.5 Å². The van der Waals surface area contributed by atoms with Crippen LogP contribution in [0, 0.1) is 5.92 Å². The molecule has 138 valence electrons. The highest BCUT2D eigenvalue weighted by molar-refractivity contribution is 5.94. The topological polar surface area (TPSA) is 99.7 Å². The van der Waals surface area contributed by atoms with E-state index in [1.807, 2.05) is 12.1 Å². The summed E-state index contributed by atoms with van der Waals surface area (Å²) in [5, 5.41) is 22.8. The number of amides is 1. The molecule has 1 aromatic carbocycles. The van der Waals surface area contributed by atoms with Gasteiger partial charge in [-0.1, -0.05) is 17.3 Å². The average Bonchev–Trinajstić information content (AvgIpc) is 3.44. The maximum absolute atomic E-state index is 12.7. The Kier molecular flexibility index (Phi) is 4.74. The van der Waals surface area contributed by atoms with Gasteiger partial charge in [-0.2, -0.15) is 4.98 Å². The molecule has 26 heavy (non-hydrogen) atoms. The number of aliphatic hydroxyl groups excluding tert-OH is 2. The van der Waals surface area contributed by atoms with Gasteiger partial charge in [-0.15, -0.1) is 0 Å². The molecule has 0 spiro atoms. The van der Waals surface area contributed by atoms with E-state index in [9.17, 15) is 9.90 Å². The van der Waals surface area contributed by atoms with E-state index in [0.717, 1.165) is 18.4 Å². The molecule has 0 radical (unpaired) electrons. The fourth-order valence-corrected chi connectivity index (χ4v) is 3.43. The third kappa shape index (κ3) is 3.50. The van der Waals surface area contributed by atoms with E-state index in [-0.39, 0.29) is 18.4 Å². The minimum absolute atomic E-state index is 0.0136. The summed E-state index contributed by atoms with van der Waals surface area (Å²) in [6, 6.07) is 7.27. The largest absolute Gasteiger partial charge is 0.394 e. The normalized spacial score (nSPS) is 19.5. The van der Waals surface area contributed by atoms with Gasteiger partial charge in [0, 0.05) is 30.1 Å². The molecule has 2 heterocycles. The van der Waals surface area contributed by atoms with Gasteiger partial charge < -0.3 is 19.6 Å². The Balaban J connectivity index is 1.39. The van der Waals surface area contributed by atoms with Crippen LogP contribution in [0.2, 0.25) is 0 Å². The summed E-state index contributed by atoms with van der Waals surface area (Å²) in [4.78, 5) is 18.9. The maximum Gasteiger partial charge on any atom is 0.253 e. The first kappa shape index (κ1) is 17.2. The summed E-state index contributed by atoms with van der Waals surface area (Å²) in [5.74, 6) is 1.73. The van der Waals surface area contributed by atoms with E-state index in [2.05, 4.69) is 10.1 Å². The van der Waals surface area contributed by atoms with Crippen molar-refractivity contribution in [2.75, 3.05) is 19.7 Å². The van der Waals surface area contributed by atoms with Crippen LogP contribution >= 0.6 is 0 Å². The van der Waals surface area contributed by atoms with Crippen LogP contribution in [0.5, 0.6) is 0 Å². The van der Waals surface area contributed by atoms with E-state index in [0.29, 0.717) is 49.1 Å². The van der Waals surface area contributed by atoms with Gasteiger partial charge in [0.1, 0.15) is 0 Å². The van der Waals surface area contributed by atoms with Crippen LogP contribution in [-0.4, -0.2) is 57.0 Å². The number of benzene rings is 1. The second-order valence-electron chi connectivity index (χ2n) is 7.19. The molecule has 2 N–H and O–H groups in total. The number of hydrogen-bond acceptors (Lipinski definition) is 6. The number of carbonyl (C=O) groups excluding carboxylic acids is 1. The van der Waals surface area contributed by atoms with Crippen LogP contribution in [0.25, 0.3) is 11.4 Å². The minimum atomic E-state index is -0.693. The number of aliphatic hydroxyl groups is 2. The number of hydrogen-bond donors (Lipinski definition) is 2. The SMILES string of the molecule is O=C(c1ccc(-c2noc(C3CC3)n2)cc1)N1CCC(C(O)CO)CC1. The van der Waals surface area contributed by atoms with E-state index < -0.39 is 6.10 Å². The van der Waals surface area contributed by atoms with Gasteiger partial charge >= 0.3 is 0 Å². The summed E-state index contributed by atoms with van der Waals surface area (Å²) in [6.45, 7) is 0.967. The van der Waals surface area contributed by atoms with Crippen molar-refractivity contribution in [3.05, 3.63) is 35.7 Å². The summed E-state index contributed by atoms with van der Waals surface area (Å²) in [5.41, 5.74) is 1.46. The highest BCUT2D eigenvalue weighted by atomic mass is 16.5. The molecule has 1 aliphatic heterocycles. The number of likely N-dealkylation sites (tertiary alicyclic amines) is 1. The number of aromatic nitrogens is 2. The van der Waals surface area contributed by atoms with Gasteiger partial charge in [-0.25, -0.2) is 0 Å². The number of rotatable bonds is 5. The zero-order chi connectivity index (χ0) is 18.1. The van der Waals surface area contributed by atoms with Gasteiger partial charge in [0.25, 0.3) is 5.91 Å². The Morgan fingerprint density at radius 1 is 1.19 bits per heavy atom. The van der Waals surface area contributed by atoms with Crippen molar-refractivity contribution in [1.29, 1.82) is 0 Å². The molecule has 1 aromatic heterocycles. The van der Waals surface area contributed by atoms with Gasteiger partial charge in [-0.3, -0.25) is 4.79 Å². The molecule has 0 bridgehead atoms. The van der Waals surface area contributed by atoms with Crippen molar-refractivity contribution in [2.45, 2.75) is 37.7 Å². The van der Waals surface area contributed by atoms with E-state index in [1.54, 1.807) is 17.0 Å². The summed E-state index contributed by atoms with van der Waals surface area (Å²) >= 11 is 0. The zero-order valence-electron chi connectivity index (χ0n) is 14.5. The van der Waals surface area contributed by atoms with Gasteiger partial charge in [0.2, 0.25) is 11.7 Å². The lowest BCUT2D eigenvalue weighted by Crippen LogP contribution is -2.42. The van der Waals surface area contributed by atoms with Crippen molar-refractivity contribution in [3.63, 3.8) is 0 Å². The summed E-state index contributed by atoms with van der Waals surface area (Å²) < 4.78 is 5.28. The Labute approximate surface area is 151 Å². The van der Waals surface area contributed by atoms with Crippen LogP contribution in [0.4, 0.5) is 0 Å². The Hall–Kier alpha value is -2.25. The summed E-state index contributed by atoms with van der Waals surface area (Å²) in [6.07, 6.45) is 2.95. The third-order valence-corrected chi connectivity index (χ3v) is 5.32. The van der Waals surface area contributed by atoms with Crippen LogP contribution in [-0.2, 0) is 0 Å². The van der Waals surface area contributed by atoms with Gasteiger partial charge in [0.15, 0.2) is 0 Å². The third-order valence-electron chi connectivity index (χ3n) is 5.32. The molecule has 2 fully saturated rings. The Bertz CT molecular complexity index is 761. The highest BCUT2D eigenvalue weighted by Crippen LogP contribution is 2.39. The molecule has 2 aromatic rings. The van der Waals surface area contributed by atoms with Gasteiger partial charge in [0.05, 0.1) is 12.7 Å². The molecule has 1 saturated heterocycles. The van der Waals surface area contributed by atoms with Crippen molar-refractivity contribution >= 4 is 5.91 Å². The fourth-order valence-electron chi connectivity index (χ4n) is 3.43. The number of nitrogens with zero attached hydrogens (tertiary/aromatic N) is 3. The molecule has 4 rings (SSSR count). The molecule has 2 aliphatic rings. The second-order valence-corrected chi connectivity index (χ2v) is 7.19. The van der Waals surface area contributed by atoms with Crippen LogP contribution in [0.15, 0.2) is 28.8 Å². The predicted molar refractivity (Wildman–Crippen MR) is 93.4 cm³/mol. The lowest BCUT2D eigenvalue weighted by atomic mass is 9.91. The molecule has 1 aliphatic carbocycles. The fraction of sp³-hybridized carbons (Fsp3) is 0.526. The summed E-state index contributed by atoms with van der Waals surface area (Å²) in [7, 11) is 0. The second kappa shape index (κ2) is 7.17. The Morgan fingerprint density at radius 2 is 1.88 bits per heavy atom. The van der Waals surface area contributed by atoms with Crippen molar-refractivity contribution in [2.24, 2.45) is 5.92 Å². The van der Waals surface area contributed by atoms with Gasteiger partial charge in [-0.05, 0) is 43.7 Å². The lowest BCUT2D eigenvalue weighted by Gasteiger charge is -2.33. The van der Waals surface area contributed by atoms with Crippen LogP contribution in [0.1, 0.15) is 47.8 Å². The first-order valence-electron chi connectivity index (χ1n) is 9.18. The maximum atomic E-state index is 12.7. The van der Waals surface area contributed by atoms with Crippen molar-refractivity contribution in [1.82, 2.24) is 15.0 Å². The number of carbonyl (C=O) groups is 1. The highest BCUT2D eigenvalue weighted by Gasteiger charge is 2.30. The van der Waals surface area contributed by atoms with Crippen LogP contribution < -0.4 is 0 Å². The quantitative estimate of drug-likeness (QED) is 0.847. The first-order valence-corrected chi connectivity index (χ1v) is 9.18. The molecule has 7 nitrogen and oxygen atoms in total. The smallest absolute Gasteiger partial charge is 0.253 e. The molecular formula is C19H23N3O4. The molecule has 1 saturated carbocycles. The average molecular weight is 357 g/mol. The predicted octanol–water partition coefficient (Wildman–Crippen LogP) is 1.82. The zero-order valence-corrected chi connectivity index (χ0v) is 14.5. The molecule has 7 heteroatoms. The lowest BCUT2D eigenvalue weighted by molar-refractivity contribution is 0.0179. The first-order chi connectivity index (χ1) is 12.7. The van der Waals surface area contributed by atoms with E-state index >= 15 is 0 Å². The van der Waals surface area contributed by atoms with E-state index in [4.69, 9.17) is 9.63 Å². The monoisotopic (exact) mass is 357 g/mol. The molecular weight excluding hydrogens is 334 g/mol. The van der Waals surface area contributed by atoms with Crippen molar-refractivity contribution in [3.8, 4) is 11.4 Å².